The molecule has 0 saturated heterocycles. The van der Waals surface area contributed by atoms with Gasteiger partial charge in [-0.05, 0) is 58.7 Å². The summed E-state index contributed by atoms with van der Waals surface area (Å²) in [6.45, 7) is 8.06. The summed E-state index contributed by atoms with van der Waals surface area (Å²) < 4.78 is 4.62. The molecule has 0 aliphatic rings. The van der Waals surface area contributed by atoms with E-state index in [0.29, 0.717) is 17.6 Å². The average molecular weight is 718 g/mol. The first-order valence-corrected chi connectivity index (χ1v) is 18.7. The first kappa shape index (κ1) is 33.0. The fourth-order valence-electron chi connectivity index (χ4n) is 7.95. The fraction of sp³-hybridized carbons (Fsp3) is 0. The van der Waals surface area contributed by atoms with Crippen LogP contribution >= 0.6 is 0 Å². The maximum atomic E-state index is 5.26. The number of fused-ring (bicyclic) bond motifs is 7. The van der Waals surface area contributed by atoms with Crippen molar-refractivity contribution in [1.82, 2.24) is 24.1 Å². The van der Waals surface area contributed by atoms with Crippen molar-refractivity contribution in [3.63, 3.8) is 0 Å². The molecule has 0 fully saturated rings. The van der Waals surface area contributed by atoms with Crippen molar-refractivity contribution in [2.24, 2.45) is 0 Å². The van der Waals surface area contributed by atoms with Gasteiger partial charge in [-0.15, -0.1) is 0 Å². The average Bonchev–Trinajstić information content (AvgIpc) is 3.79. The van der Waals surface area contributed by atoms with Gasteiger partial charge in [0.05, 0.1) is 22.1 Å². The molecular formula is C51H35N5. The highest BCUT2D eigenvalue weighted by Gasteiger charge is 2.24. The number of hydrogen-bond acceptors (Lipinski definition) is 3. The van der Waals surface area contributed by atoms with E-state index < -0.39 is 0 Å². The topological polar surface area (TPSA) is 48.5 Å². The van der Waals surface area contributed by atoms with Gasteiger partial charge in [-0.2, -0.15) is 9.97 Å². The summed E-state index contributed by atoms with van der Waals surface area (Å²) in [4.78, 5) is 15.5. The molecule has 0 radical (unpaired) electrons. The number of hydrogen-bond donors (Lipinski definition) is 0. The number of nitrogens with zero attached hydrogens (tertiary/aromatic N) is 5. The molecule has 0 aliphatic carbocycles. The van der Waals surface area contributed by atoms with Gasteiger partial charge in [0.25, 0.3) is 0 Å². The van der Waals surface area contributed by atoms with E-state index in [1.54, 1.807) is 12.2 Å². The van der Waals surface area contributed by atoms with Crippen molar-refractivity contribution < 1.29 is 0 Å². The zero-order chi connectivity index (χ0) is 37.6. The second kappa shape index (κ2) is 13.7. The molecule has 0 spiro atoms. The van der Waals surface area contributed by atoms with Crippen LogP contribution in [-0.2, 0) is 0 Å². The molecule has 0 unspecified atom stereocenters. The van der Waals surface area contributed by atoms with Crippen molar-refractivity contribution in [2.45, 2.75) is 0 Å². The molecule has 0 saturated carbocycles. The predicted molar refractivity (Wildman–Crippen MR) is 233 cm³/mol. The zero-order valence-corrected chi connectivity index (χ0v) is 30.5. The highest BCUT2D eigenvalue weighted by Crippen LogP contribution is 2.43. The van der Waals surface area contributed by atoms with E-state index in [4.69, 9.17) is 15.0 Å². The number of para-hydroxylation sites is 1. The molecule has 264 valence electrons. The van der Waals surface area contributed by atoms with Crippen LogP contribution in [0.5, 0.6) is 0 Å². The maximum Gasteiger partial charge on any atom is 0.238 e. The Morgan fingerprint density at radius 1 is 0.446 bits per heavy atom. The van der Waals surface area contributed by atoms with E-state index in [-0.39, 0.29) is 0 Å². The Bertz CT molecular complexity index is 3140. The van der Waals surface area contributed by atoms with Gasteiger partial charge >= 0.3 is 0 Å². The normalized spacial score (nSPS) is 11.8. The minimum absolute atomic E-state index is 0.514. The Morgan fingerprint density at radius 3 is 1.48 bits per heavy atom. The van der Waals surface area contributed by atoms with Crippen molar-refractivity contribution in [2.75, 3.05) is 0 Å². The summed E-state index contributed by atoms with van der Waals surface area (Å²) in [6, 6.07) is 59.8. The number of benzene rings is 7. The van der Waals surface area contributed by atoms with Gasteiger partial charge in [0.1, 0.15) is 0 Å². The molecule has 0 aliphatic heterocycles. The van der Waals surface area contributed by atoms with Crippen LogP contribution in [0.15, 0.2) is 201 Å². The molecule has 56 heavy (non-hydrogen) atoms. The Balaban J connectivity index is 1.39. The minimum atomic E-state index is 0.514. The van der Waals surface area contributed by atoms with Crippen LogP contribution < -0.4 is 0 Å². The summed E-state index contributed by atoms with van der Waals surface area (Å²) in [6.07, 6.45) is 5.39. The standard InChI is InChI=1S/C51H35N5/c1-3-17-34(4-2)49-52-50(37-22-13-7-14-23-37)54-51(53-49)56-46-31-27-39(36-20-11-6-12-21-36)33-44(46)42-29-28-41-43-32-38(35-18-9-5-10-19-35)26-30-45(43)55(47(41)48(42)56)40-24-15-8-16-25-40/h3-33H,1-2H2/b34-17+. The van der Waals surface area contributed by atoms with Crippen molar-refractivity contribution in [3.8, 4) is 45.3 Å². The van der Waals surface area contributed by atoms with E-state index in [1.807, 2.05) is 36.4 Å². The van der Waals surface area contributed by atoms with Gasteiger partial charge in [0.2, 0.25) is 5.95 Å². The predicted octanol–water partition coefficient (Wildman–Crippen LogP) is 12.8. The molecule has 0 amide bonds. The van der Waals surface area contributed by atoms with Crippen LogP contribution in [0.3, 0.4) is 0 Å². The summed E-state index contributed by atoms with van der Waals surface area (Å²) >= 11 is 0. The van der Waals surface area contributed by atoms with E-state index >= 15 is 0 Å². The highest BCUT2D eigenvalue weighted by molar-refractivity contribution is 6.24. The lowest BCUT2D eigenvalue weighted by Crippen LogP contribution is -2.08. The van der Waals surface area contributed by atoms with E-state index in [2.05, 4.69) is 162 Å². The molecule has 5 heteroatoms. The van der Waals surface area contributed by atoms with Crippen LogP contribution in [0.4, 0.5) is 0 Å². The van der Waals surface area contributed by atoms with E-state index in [0.717, 1.165) is 71.6 Å². The molecule has 10 aromatic rings. The van der Waals surface area contributed by atoms with Crippen LogP contribution in [0, 0.1) is 0 Å². The molecule has 5 nitrogen and oxygen atoms in total. The van der Waals surface area contributed by atoms with Crippen LogP contribution in [0.1, 0.15) is 5.82 Å². The number of aromatic nitrogens is 5. The summed E-state index contributed by atoms with van der Waals surface area (Å²) in [5, 5.41) is 4.50. The Labute approximate surface area is 324 Å². The van der Waals surface area contributed by atoms with Gasteiger partial charge in [0.15, 0.2) is 11.6 Å². The molecule has 0 atom stereocenters. The third-order valence-corrected chi connectivity index (χ3v) is 10.5. The third kappa shape index (κ3) is 5.45. The van der Waals surface area contributed by atoms with Crippen LogP contribution in [0.2, 0.25) is 0 Å². The van der Waals surface area contributed by atoms with Crippen LogP contribution in [0.25, 0.3) is 94.5 Å². The quantitative estimate of drug-likeness (QED) is 0.147. The largest absolute Gasteiger partial charge is 0.307 e. The molecular weight excluding hydrogens is 683 g/mol. The Hall–Kier alpha value is -7.63. The summed E-state index contributed by atoms with van der Waals surface area (Å²) in [7, 11) is 0. The lowest BCUT2D eigenvalue weighted by atomic mass is 10.0. The van der Waals surface area contributed by atoms with E-state index in [1.165, 1.54) is 11.1 Å². The fourth-order valence-corrected chi connectivity index (χ4v) is 7.95. The molecule has 0 N–H and O–H groups in total. The van der Waals surface area contributed by atoms with Crippen molar-refractivity contribution in [3.05, 3.63) is 207 Å². The molecule has 3 aromatic heterocycles. The SMILES string of the molecule is C=C/C=C(\C=C)c1nc(-c2ccccc2)nc(-n2c3ccc(-c4ccccc4)cc3c3ccc4c5cc(-c6ccccc6)ccc5n(-c5ccccc5)c4c32)n1. The maximum absolute atomic E-state index is 5.26. The van der Waals surface area contributed by atoms with Crippen molar-refractivity contribution in [1.29, 1.82) is 0 Å². The Morgan fingerprint density at radius 2 is 0.946 bits per heavy atom. The zero-order valence-electron chi connectivity index (χ0n) is 30.5. The first-order valence-electron chi connectivity index (χ1n) is 18.7. The lowest BCUT2D eigenvalue weighted by molar-refractivity contribution is 0.932. The van der Waals surface area contributed by atoms with Gasteiger partial charge in [0, 0.05) is 38.4 Å². The molecule has 0 bridgehead atoms. The van der Waals surface area contributed by atoms with Gasteiger partial charge in [-0.25, -0.2) is 4.98 Å². The second-order valence-corrected chi connectivity index (χ2v) is 13.8. The monoisotopic (exact) mass is 717 g/mol. The highest BCUT2D eigenvalue weighted by atomic mass is 15.2. The number of rotatable bonds is 8. The second-order valence-electron chi connectivity index (χ2n) is 13.8. The number of allylic oxidation sites excluding steroid dienone is 4. The third-order valence-electron chi connectivity index (χ3n) is 10.5. The van der Waals surface area contributed by atoms with Crippen molar-refractivity contribution >= 4 is 49.2 Å². The summed E-state index contributed by atoms with van der Waals surface area (Å²) in [5.74, 6) is 1.60. The smallest absolute Gasteiger partial charge is 0.238 e. The van der Waals surface area contributed by atoms with Crippen LogP contribution in [-0.4, -0.2) is 24.1 Å². The van der Waals surface area contributed by atoms with Gasteiger partial charge in [-0.1, -0.05) is 165 Å². The minimum Gasteiger partial charge on any atom is -0.307 e. The molecule has 7 aromatic carbocycles. The van der Waals surface area contributed by atoms with E-state index in [9.17, 15) is 0 Å². The Kier molecular flexibility index (Phi) is 8.04. The summed E-state index contributed by atoms with van der Waals surface area (Å²) in [5.41, 5.74) is 11.5. The first-order chi connectivity index (χ1) is 27.7. The van der Waals surface area contributed by atoms with Gasteiger partial charge in [-0.3, -0.25) is 4.57 Å². The lowest BCUT2D eigenvalue weighted by Gasteiger charge is -2.13. The molecule has 3 heterocycles. The molecule has 10 rings (SSSR count). The van der Waals surface area contributed by atoms with Gasteiger partial charge < -0.3 is 4.57 Å².